The van der Waals surface area contributed by atoms with Gasteiger partial charge in [0.05, 0.1) is 0 Å². The number of amides is 1. The Morgan fingerprint density at radius 1 is 0.879 bits per heavy atom. The molecule has 1 aliphatic rings. The van der Waals surface area contributed by atoms with E-state index in [0.29, 0.717) is 37.6 Å². The topological polar surface area (TPSA) is 79.2 Å². The zero-order chi connectivity index (χ0) is 22.6. The van der Waals surface area contributed by atoms with Crippen LogP contribution in [0.3, 0.4) is 0 Å². The maximum atomic E-state index is 12.9. The lowest BCUT2D eigenvalue weighted by atomic mass is 10.1. The summed E-state index contributed by atoms with van der Waals surface area (Å²) in [5.74, 6) is 2.26. The van der Waals surface area contributed by atoms with E-state index in [1.54, 1.807) is 6.20 Å². The van der Waals surface area contributed by atoms with Crippen molar-refractivity contribution in [1.82, 2.24) is 24.6 Å². The number of nitrogens with one attached hydrogen (secondary N) is 1. The predicted octanol–water partition coefficient (Wildman–Crippen LogP) is 3.68. The average molecular weight is 440 g/mol. The maximum Gasteiger partial charge on any atom is 0.253 e. The Hall–Kier alpha value is -4.20. The van der Waals surface area contributed by atoms with Crippen LogP contribution in [0.5, 0.6) is 0 Å². The van der Waals surface area contributed by atoms with Gasteiger partial charge in [0.1, 0.15) is 5.82 Å². The highest BCUT2D eigenvalue weighted by Gasteiger charge is 2.23. The third-order valence-electron chi connectivity index (χ3n) is 5.73. The number of carbonyl (C=O) groups is 1. The van der Waals surface area contributed by atoms with Gasteiger partial charge in [0.25, 0.3) is 5.91 Å². The van der Waals surface area contributed by atoms with Gasteiger partial charge in [-0.2, -0.15) is 0 Å². The van der Waals surface area contributed by atoms with E-state index in [9.17, 15) is 4.79 Å². The number of hydrogen-bond donors (Lipinski definition) is 1. The molecule has 0 saturated carbocycles. The molecular formula is C25H25N7O. The van der Waals surface area contributed by atoms with E-state index in [1.165, 1.54) is 0 Å². The van der Waals surface area contributed by atoms with Gasteiger partial charge in [0, 0.05) is 56.0 Å². The Balaban J connectivity index is 1.17. The molecule has 33 heavy (non-hydrogen) atoms. The van der Waals surface area contributed by atoms with Crippen LogP contribution in [0, 0.1) is 6.92 Å². The Bertz CT molecular complexity index is 1210. The lowest BCUT2D eigenvalue weighted by Gasteiger charge is -2.35. The van der Waals surface area contributed by atoms with Crippen molar-refractivity contribution in [3.05, 3.63) is 90.4 Å². The molecular weight excluding hydrogens is 414 g/mol. The van der Waals surface area contributed by atoms with Crippen molar-refractivity contribution in [2.75, 3.05) is 36.4 Å². The highest BCUT2D eigenvalue weighted by Crippen LogP contribution is 2.18. The first-order chi connectivity index (χ1) is 16.2. The van der Waals surface area contributed by atoms with E-state index < -0.39 is 0 Å². The summed E-state index contributed by atoms with van der Waals surface area (Å²) >= 11 is 0. The minimum atomic E-state index is 0.0602. The Morgan fingerprint density at radius 2 is 1.64 bits per heavy atom. The highest BCUT2D eigenvalue weighted by atomic mass is 16.2. The van der Waals surface area contributed by atoms with Crippen molar-refractivity contribution in [2.24, 2.45) is 0 Å². The molecule has 0 radical (unpaired) electrons. The fraction of sp³-hybridized carbons (Fsp3) is 0.200. The Labute approximate surface area is 192 Å². The maximum absolute atomic E-state index is 12.9. The highest BCUT2D eigenvalue weighted by molar-refractivity contribution is 5.94. The molecule has 0 unspecified atom stereocenters. The number of nitrogens with zero attached hydrogens (tertiary/aromatic N) is 6. The zero-order valence-corrected chi connectivity index (χ0v) is 18.4. The monoisotopic (exact) mass is 439 g/mol. The molecule has 5 rings (SSSR count). The van der Waals surface area contributed by atoms with Gasteiger partial charge in [-0.15, -0.1) is 10.2 Å². The molecule has 3 aromatic heterocycles. The van der Waals surface area contributed by atoms with Gasteiger partial charge in [-0.3, -0.25) is 4.79 Å². The molecule has 8 nitrogen and oxygen atoms in total. The van der Waals surface area contributed by atoms with Gasteiger partial charge < -0.3 is 19.7 Å². The lowest BCUT2D eigenvalue weighted by Crippen LogP contribution is -2.49. The van der Waals surface area contributed by atoms with Crippen LogP contribution in [-0.2, 0) is 0 Å². The molecule has 1 amide bonds. The number of hydrogen-bond acceptors (Lipinski definition) is 6. The number of piperazine rings is 1. The Kier molecular flexibility index (Phi) is 5.72. The van der Waals surface area contributed by atoms with Crippen LogP contribution in [0.15, 0.2) is 79.3 Å². The first kappa shape index (κ1) is 20.7. The van der Waals surface area contributed by atoms with E-state index in [2.05, 4.69) is 25.4 Å². The van der Waals surface area contributed by atoms with E-state index in [-0.39, 0.29) is 5.91 Å². The number of carbonyl (C=O) groups excluding carboxylic acids is 1. The van der Waals surface area contributed by atoms with Crippen LogP contribution in [0.1, 0.15) is 15.9 Å². The van der Waals surface area contributed by atoms with Crippen LogP contribution in [0.2, 0.25) is 0 Å². The summed E-state index contributed by atoms with van der Waals surface area (Å²) in [6.45, 7) is 4.74. The van der Waals surface area contributed by atoms with Gasteiger partial charge in [-0.1, -0.05) is 0 Å². The normalized spacial score (nSPS) is 13.7. The number of anilines is 3. The first-order valence-electron chi connectivity index (χ1n) is 11.0. The number of rotatable bonds is 5. The number of aryl methyl sites for hydroxylation is 1. The van der Waals surface area contributed by atoms with Crippen molar-refractivity contribution < 1.29 is 4.79 Å². The quantitative estimate of drug-likeness (QED) is 0.511. The minimum absolute atomic E-state index is 0.0602. The fourth-order valence-electron chi connectivity index (χ4n) is 3.90. The van der Waals surface area contributed by atoms with E-state index in [1.807, 2.05) is 89.4 Å². The van der Waals surface area contributed by atoms with Crippen LogP contribution in [-0.4, -0.2) is 56.7 Å². The second-order valence-electron chi connectivity index (χ2n) is 8.04. The molecule has 4 aromatic rings. The molecule has 1 N–H and O–H groups in total. The van der Waals surface area contributed by atoms with Gasteiger partial charge in [-0.05, 0) is 73.2 Å². The Morgan fingerprint density at radius 3 is 2.30 bits per heavy atom. The summed E-state index contributed by atoms with van der Waals surface area (Å²) < 4.78 is 2.02. The average Bonchev–Trinajstić information content (AvgIpc) is 3.40. The summed E-state index contributed by atoms with van der Waals surface area (Å²) in [6.07, 6.45) is 5.74. The molecule has 1 aromatic carbocycles. The van der Waals surface area contributed by atoms with Gasteiger partial charge >= 0.3 is 0 Å². The minimum Gasteiger partial charge on any atom is -0.352 e. The van der Waals surface area contributed by atoms with E-state index >= 15 is 0 Å². The summed E-state index contributed by atoms with van der Waals surface area (Å²) in [6, 6.07) is 19.4. The van der Waals surface area contributed by atoms with Gasteiger partial charge in [0.15, 0.2) is 11.6 Å². The first-order valence-corrected chi connectivity index (χ1v) is 11.0. The SMILES string of the molecule is Cc1ccnc(Nc2ccc(N3CCN(C(=O)c4ccc(-n5cccc5)cc4)CC3)nn2)c1. The molecule has 0 aliphatic carbocycles. The summed E-state index contributed by atoms with van der Waals surface area (Å²) in [5.41, 5.74) is 2.87. The van der Waals surface area contributed by atoms with Crippen molar-refractivity contribution in [1.29, 1.82) is 0 Å². The predicted molar refractivity (Wildman–Crippen MR) is 128 cm³/mol. The lowest BCUT2D eigenvalue weighted by molar-refractivity contribution is 0.0746. The van der Waals surface area contributed by atoms with Crippen molar-refractivity contribution in [3.8, 4) is 5.69 Å². The van der Waals surface area contributed by atoms with E-state index in [4.69, 9.17) is 0 Å². The smallest absolute Gasteiger partial charge is 0.253 e. The van der Waals surface area contributed by atoms with Crippen molar-refractivity contribution >= 4 is 23.4 Å². The molecule has 166 valence electrons. The van der Waals surface area contributed by atoms with Crippen LogP contribution in [0.4, 0.5) is 17.5 Å². The molecule has 4 heterocycles. The number of pyridine rings is 1. The molecule has 0 bridgehead atoms. The molecule has 0 spiro atoms. The number of aromatic nitrogens is 4. The largest absolute Gasteiger partial charge is 0.352 e. The van der Waals surface area contributed by atoms with Crippen molar-refractivity contribution in [2.45, 2.75) is 6.92 Å². The van der Waals surface area contributed by atoms with Crippen LogP contribution < -0.4 is 10.2 Å². The standard InChI is InChI=1S/C25H25N7O/c1-19-10-11-26-23(18-19)27-22-8-9-24(29-28-22)31-14-16-32(17-15-31)25(33)20-4-6-21(7-5-20)30-12-2-3-13-30/h2-13,18H,14-17H2,1H3,(H,26,27,28). The van der Waals surface area contributed by atoms with Crippen LogP contribution >= 0.6 is 0 Å². The summed E-state index contributed by atoms with van der Waals surface area (Å²) in [5, 5.41) is 11.8. The number of benzene rings is 1. The third-order valence-corrected chi connectivity index (χ3v) is 5.73. The molecule has 1 aliphatic heterocycles. The van der Waals surface area contributed by atoms with Crippen molar-refractivity contribution in [3.63, 3.8) is 0 Å². The van der Waals surface area contributed by atoms with E-state index in [0.717, 1.165) is 22.9 Å². The summed E-state index contributed by atoms with van der Waals surface area (Å²) in [7, 11) is 0. The molecule has 8 heteroatoms. The second kappa shape index (κ2) is 9.12. The third kappa shape index (κ3) is 4.69. The molecule has 0 atom stereocenters. The molecule has 1 fully saturated rings. The second-order valence-corrected chi connectivity index (χ2v) is 8.04. The van der Waals surface area contributed by atoms with Gasteiger partial charge in [-0.25, -0.2) is 4.98 Å². The fourth-order valence-corrected chi connectivity index (χ4v) is 3.90. The summed E-state index contributed by atoms with van der Waals surface area (Å²) in [4.78, 5) is 21.3. The van der Waals surface area contributed by atoms with Crippen LogP contribution in [0.25, 0.3) is 5.69 Å². The molecule has 1 saturated heterocycles. The zero-order valence-electron chi connectivity index (χ0n) is 18.4. The van der Waals surface area contributed by atoms with Gasteiger partial charge in [0.2, 0.25) is 0 Å².